The first-order valence-electron chi connectivity index (χ1n) is 6.93. The molecule has 7 nitrogen and oxygen atoms in total. The van der Waals surface area contributed by atoms with Crippen LogP contribution in [0.15, 0.2) is 42.7 Å². The average molecular weight is 399 g/mol. The highest BCUT2D eigenvalue weighted by Gasteiger charge is 2.10. The van der Waals surface area contributed by atoms with Gasteiger partial charge >= 0.3 is 0 Å². The monoisotopic (exact) mass is 397 g/mol. The predicted octanol–water partition coefficient (Wildman–Crippen LogP) is 3.64. The number of rotatable bonds is 5. The van der Waals surface area contributed by atoms with E-state index in [1.807, 2.05) is 0 Å². The van der Waals surface area contributed by atoms with E-state index in [4.69, 9.17) is 39.5 Å². The lowest BCUT2D eigenvalue weighted by Crippen LogP contribution is -2.20. The van der Waals surface area contributed by atoms with Crippen molar-refractivity contribution in [1.29, 1.82) is 0 Å². The molecule has 0 atom stereocenters. The Kier molecular flexibility index (Phi) is 5.37. The lowest BCUT2D eigenvalue weighted by Gasteiger charge is -2.10. The van der Waals surface area contributed by atoms with Crippen LogP contribution in [-0.4, -0.2) is 32.7 Å². The summed E-state index contributed by atoms with van der Waals surface area (Å²) < 4.78 is 6.95. The second kappa shape index (κ2) is 7.69. The van der Waals surface area contributed by atoms with Gasteiger partial charge in [-0.25, -0.2) is 4.68 Å². The molecule has 1 heterocycles. The quantitative estimate of drug-likeness (QED) is 0.664. The van der Waals surface area contributed by atoms with Crippen LogP contribution in [0.5, 0.6) is 5.75 Å². The van der Waals surface area contributed by atoms with Crippen LogP contribution in [-0.2, 0) is 4.79 Å². The van der Waals surface area contributed by atoms with Crippen LogP contribution in [0.25, 0.3) is 5.69 Å². The molecule has 2 aromatic carbocycles. The molecular formula is C15H10Cl3N5O2. The van der Waals surface area contributed by atoms with Crippen LogP contribution in [0.1, 0.15) is 0 Å². The minimum Gasteiger partial charge on any atom is -0.484 e. The molecule has 0 saturated heterocycles. The molecule has 3 rings (SSSR count). The van der Waals surface area contributed by atoms with Crippen molar-refractivity contribution in [3.63, 3.8) is 0 Å². The van der Waals surface area contributed by atoms with Gasteiger partial charge in [0.1, 0.15) is 12.1 Å². The van der Waals surface area contributed by atoms with Crippen LogP contribution in [0.3, 0.4) is 0 Å². The fourth-order valence-electron chi connectivity index (χ4n) is 1.95. The highest BCUT2D eigenvalue weighted by atomic mass is 35.5. The second-order valence-electron chi connectivity index (χ2n) is 4.83. The Balaban J connectivity index is 1.63. The number of nitrogens with one attached hydrogen (secondary N) is 1. The minimum absolute atomic E-state index is 0.213. The third-order valence-electron chi connectivity index (χ3n) is 3.09. The number of nitrogens with zero attached hydrogens (tertiary/aromatic N) is 4. The zero-order chi connectivity index (χ0) is 17.8. The Morgan fingerprint density at radius 1 is 1.12 bits per heavy atom. The molecule has 25 heavy (non-hydrogen) atoms. The highest BCUT2D eigenvalue weighted by molar-refractivity contribution is 6.44. The predicted molar refractivity (Wildman–Crippen MR) is 94.8 cm³/mol. The van der Waals surface area contributed by atoms with E-state index in [9.17, 15) is 4.79 Å². The van der Waals surface area contributed by atoms with E-state index in [1.54, 1.807) is 24.3 Å². The standard InChI is InChI=1S/C15H10Cl3N5O2/c16-11-5-13(18)14(6-12(11)17)20-15(24)7-25-10-3-1-2-9(4-10)23-8-19-21-22-23/h1-6,8H,7H2,(H,20,24). The number of aromatic nitrogens is 4. The van der Waals surface area contributed by atoms with E-state index in [0.717, 1.165) is 0 Å². The molecule has 1 N–H and O–H groups in total. The van der Waals surface area contributed by atoms with Crippen molar-refractivity contribution in [3.05, 3.63) is 57.8 Å². The third kappa shape index (κ3) is 4.39. The number of halogens is 3. The van der Waals surface area contributed by atoms with E-state index in [0.29, 0.717) is 22.1 Å². The Bertz CT molecular complexity index is 902. The van der Waals surface area contributed by atoms with Crippen molar-refractivity contribution < 1.29 is 9.53 Å². The van der Waals surface area contributed by atoms with Gasteiger partial charge in [0.2, 0.25) is 0 Å². The van der Waals surface area contributed by atoms with Gasteiger partial charge in [-0.2, -0.15) is 0 Å². The summed E-state index contributed by atoms with van der Waals surface area (Å²) >= 11 is 17.8. The van der Waals surface area contributed by atoms with Crippen molar-refractivity contribution in [2.24, 2.45) is 0 Å². The smallest absolute Gasteiger partial charge is 0.262 e. The van der Waals surface area contributed by atoms with Gasteiger partial charge in [0.15, 0.2) is 6.61 Å². The summed E-state index contributed by atoms with van der Waals surface area (Å²) in [4.78, 5) is 12.0. The van der Waals surface area contributed by atoms with E-state index >= 15 is 0 Å². The maximum atomic E-state index is 12.0. The van der Waals surface area contributed by atoms with Crippen molar-refractivity contribution in [1.82, 2.24) is 20.2 Å². The van der Waals surface area contributed by atoms with Gasteiger partial charge in [0.05, 0.1) is 26.4 Å². The lowest BCUT2D eigenvalue weighted by molar-refractivity contribution is -0.118. The molecule has 0 aliphatic heterocycles. The zero-order valence-electron chi connectivity index (χ0n) is 12.5. The number of hydrogen-bond acceptors (Lipinski definition) is 5. The van der Waals surface area contributed by atoms with Gasteiger partial charge in [0.25, 0.3) is 5.91 Å². The summed E-state index contributed by atoms with van der Waals surface area (Å²) in [6.45, 7) is -0.213. The molecule has 10 heteroatoms. The highest BCUT2D eigenvalue weighted by Crippen LogP contribution is 2.32. The maximum absolute atomic E-state index is 12.0. The van der Waals surface area contributed by atoms with Gasteiger partial charge in [-0.05, 0) is 34.7 Å². The average Bonchev–Trinajstić information content (AvgIpc) is 3.13. The Morgan fingerprint density at radius 3 is 2.68 bits per heavy atom. The van der Waals surface area contributed by atoms with Crippen LogP contribution in [0, 0.1) is 0 Å². The molecule has 1 aromatic heterocycles. The molecule has 128 valence electrons. The molecule has 0 bridgehead atoms. The molecule has 0 spiro atoms. The topological polar surface area (TPSA) is 81.9 Å². The molecule has 3 aromatic rings. The largest absolute Gasteiger partial charge is 0.484 e. The molecule has 0 fully saturated rings. The number of carbonyl (C=O) groups excluding carboxylic acids is 1. The molecular weight excluding hydrogens is 389 g/mol. The van der Waals surface area contributed by atoms with Gasteiger partial charge in [-0.1, -0.05) is 40.9 Å². The van der Waals surface area contributed by atoms with Crippen LogP contribution < -0.4 is 10.1 Å². The summed E-state index contributed by atoms with van der Waals surface area (Å²) in [6, 6.07) is 9.92. The van der Waals surface area contributed by atoms with Gasteiger partial charge in [-0.15, -0.1) is 5.10 Å². The Morgan fingerprint density at radius 2 is 1.92 bits per heavy atom. The van der Waals surface area contributed by atoms with Crippen molar-refractivity contribution in [3.8, 4) is 11.4 Å². The number of tetrazole rings is 1. The summed E-state index contributed by atoms with van der Waals surface area (Å²) in [5.74, 6) is 0.0940. The molecule has 0 radical (unpaired) electrons. The SMILES string of the molecule is O=C(COc1cccc(-n2cnnn2)c1)Nc1cc(Cl)c(Cl)cc1Cl. The number of carbonyl (C=O) groups is 1. The maximum Gasteiger partial charge on any atom is 0.262 e. The fraction of sp³-hybridized carbons (Fsp3) is 0.0667. The van der Waals surface area contributed by atoms with E-state index in [2.05, 4.69) is 20.8 Å². The van der Waals surface area contributed by atoms with Gasteiger partial charge < -0.3 is 10.1 Å². The molecule has 0 unspecified atom stereocenters. The second-order valence-corrected chi connectivity index (χ2v) is 6.06. The normalized spacial score (nSPS) is 10.5. The van der Waals surface area contributed by atoms with E-state index in [-0.39, 0.29) is 16.7 Å². The molecule has 1 amide bonds. The number of hydrogen-bond donors (Lipinski definition) is 1. The van der Waals surface area contributed by atoms with Crippen molar-refractivity contribution in [2.75, 3.05) is 11.9 Å². The molecule has 0 saturated carbocycles. The van der Waals surface area contributed by atoms with Crippen LogP contribution >= 0.6 is 34.8 Å². The van der Waals surface area contributed by atoms with Crippen molar-refractivity contribution in [2.45, 2.75) is 0 Å². The molecule has 0 aliphatic carbocycles. The number of anilines is 1. The van der Waals surface area contributed by atoms with Crippen LogP contribution in [0.4, 0.5) is 5.69 Å². The number of benzene rings is 2. The summed E-state index contributed by atoms with van der Waals surface area (Å²) in [5.41, 5.74) is 1.06. The van der Waals surface area contributed by atoms with Crippen LogP contribution in [0.2, 0.25) is 15.1 Å². The van der Waals surface area contributed by atoms with Crippen molar-refractivity contribution >= 4 is 46.4 Å². The zero-order valence-corrected chi connectivity index (χ0v) is 14.8. The first-order chi connectivity index (χ1) is 12.0. The third-order valence-corrected chi connectivity index (χ3v) is 4.12. The lowest BCUT2D eigenvalue weighted by atomic mass is 10.3. The van der Waals surface area contributed by atoms with E-state index in [1.165, 1.54) is 23.1 Å². The Hall–Kier alpha value is -2.35. The van der Waals surface area contributed by atoms with Gasteiger partial charge in [-0.3, -0.25) is 4.79 Å². The van der Waals surface area contributed by atoms with E-state index < -0.39 is 5.91 Å². The Labute approximate surface area is 157 Å². The summed E-state index contributed by atoms with van der Waals surface area (Å²) in [5, 5.41) is 14.4. The number of ether oxygens (including phenoxy) is 1. The molecule has 0 aliphatic rings. The first-order valence-corrected chi connectivity index (χ1v) is 8.07. The summed E-state index contributed by atoms with van der Waals surface area (Å²) in [6.07, 6.45) is 1.46. The minimum atomic E-state index is -0.395. The first kappa shape index (κ1) is 17.5. The van der Waals surface area contributed by atoms with Gasteiger partial charge in [0, 0.05) is 6.07 Å². The summed E-state index contributed by atoms with van der Waals surface area (Å²) in [7, 11) is 0. The number of amides is 1. The fourth-order valence-corrected chi connectivity index (χ4v) is 2.54.